The van der Waals surface area contributed by atoms with E-state index in [1.165, 1.54) is 37.1 Å². The molecular formula is C35H30F5NO3S. The second-order valence-corrected chi connectivity index (χ2v) is 11.0. The zero-order valence-corrected chi connectivity index (χ0v) is 25.2. The molecule has 0 bridgehead atoms. The number of benzene rings is 4. The fourth-order valence-corrected chi connectivity index (χ4v) is 5.30. The molecular weight excluding hydrogens is 609 g/mol. The lowest BCUT2D eigenvalue weighted by atomic mass is 9.97. The van der Waals surface area contributed by atoms with E-state index in [9.17, 15) is 17.6 Å². The fraction of sp³-hybridized carbons (Fsp3) is 0.286. The second kappa shape index (κ2) is 14.4. The van der Waals surface area contributed by atoms with Gasteiger partial charge in [-0.2, -0.15) is 13.8 Å². The van der Waals surface area contributed by atoms with Crippen LogP contribution in [0, 0.1) is 23.4 Å². The van der Waals surface area contributed by atoms with Gasteiger partial charge >= 0.3 is 6.11 Å². The molecule has 45 heavy (non-hydrogen) atoms. The average Bonchev–Trinajstić information content (AvgIpc) is 3.02. The molecule has 0 spiro atoms. The summed E-state index contributed by atoms with van der Waals surface area (Å²) in [4.78, 5) is 3.69. The number of unbranched alkanes of at least 4 members (excludes halogenated alkanes) is 2. The highest BCUT2D eigenvalue weighted by molar-refractivity contribution is 7.78. The molecule has 0 aliphatic carbocycles. The van der Waals surface area contributed by atoms with Crippen molar-refractivity contribution in [3.63, 3.8) is 0 Å². The number of halogens is 5. The van der Waals surface area contributed by atoms with Crippen molar-refractivity contribution < 1.29 is 36.2 Å². The number of aliphatic imine (C=N–C) groups is 1. The Morgan fingerprint density at radius 2 is 1.44 bits per heavy atom. The quantitative estimate of drug-likeness (QED) is 0.0709. The molecule has 1 heterocycles. The van der Waals surface area contributed by atoms with E-state index >= 15 is 4.39 Å². The molecule has 1 aliphatic heterocycles. The van der Waals surface area contributed by atoms with Crippen LogP contribution in [-0.2, 0) is 15.6 Å². The average molecular weight is 640 g/mol. The van der Waals surface area contributed by atoms with Crippen molar-refractivity contribution in [3.8, 4) is 28.0 Å². The van der Waals surface area contributed by atoms with Crippen LogP contribution >= 0.6 is 12.2 Å². The molecule has 4 aromatic carbocycles. The molecule has 4 nitrogen and oxygen atoms in total. The summed E-state index contributed by atoms with van der Waals surface area (Å²) in [5.41, 5.74) is 0.395. The molecule has 1 aliphatic rings. The maximum atomic E-state index is 15.2. The van der Waals surface area contributed by atoms with E-state index in [0.29, 0.717) is 48.1 Å². The van der Waals surface area contributed by atoms with Gasteiger partial charge < -0.3 is 14.2 Å². The third-order valence-corrected chi connectivity index (χ3v) is 7.66. The normalized spacial score (nSPS) is 16.7. The zero-order valence-electron chi connectivity index (χ0n) is 24.4. The van der Waals surface area contributed by atoms with Gasteiger partial charge in [0.1, 0.15) is 28.8 Å². The molecule has 0 aromatic heterocycles. The van der Waals surface area contributed by atoms with Gasteiger partial charge in [0, 0.05) is 17.0 Å². The molecule has 0 saturated carbocycles. The third kappa shape index (κ3) is 7.83. The Kier molecular flexibility index (Phi) is 10.4. The van der Waals surface area contributed by atoms with E-state index in [4.69, 9.17) is 9.47 Å². The molecule has 5 rings (SSSR count). The molecule has 234 valence electrons. The van der Waals surface area contributed by atoms with Crippen LogP contribution < -0.4 is 4.74 Å². The van der Waals surface area contributed by atoms with Gasteiger partial charge in [-0.25, -0.2) is 13.2 Å². The maximum Gasteiger partial charge on any atom is 0.432 e. The van der Waals surface area contributed by atoms with Gasteiger partial charge in [0.25, 0.3) is 0 Å². The van der Waals surface area contributed by atoms with Crippen LogP contribution in [0.25, 0.3) is 22.3 Å². The molecule has 0 atom stereocenters. The van der Waals surface area contributed by atoms with Gasteiger partial charge in [-0.05, 0) is 77.8 Å². The van der Waals surface area contributed by atoms with E-state index in [2.05, 4.69) is 34.0 Å². The van der Waals surface area contributed by atoms with Crippen LogP contribution in [0.4, 0.5) is 27.6 Å². The smallest absolute Gasteiger partial charge is 0.429 e. The molecule has 10 heteroatoms. The summed E-state index contributed by atoms with van der Waals surface area (Å²) in [6.45, 7) is 3.44. The monoisotopic (exact) mass is 639 g/mol. The van der Waals surface area contributed by atoms with Crippen LogP contribution in [-0.4, -0.2) is 18.4 Å². The summed E-state index contributed by atoms with van der Waals surface area (Å²) < 4.78 is 91.2. The van der Waals surface area contributed by atoms with Gasteiger partial charge in [0.05, 0.1) is 24.1 Å². The van der Waals surface area contributed by atoms with Gasteiger partial charge in [-0.1, -0.05) is 62.6 Å². The van der Waals surface area contributed by atoms with Gasteiger partial charge in [-0.3, -0.25) is 0 Å². The van der Waals surface area contributed by atoms with Gasteiger partial charge in [0.2, 0.25) is 0 Å². The highest BCUT2D eigenvalue weighted by atomic mass is 32.1. The van der Waals surface area contributed by atoms with E-state index in [0.717, 1.165) is 30.5 Å². The predicted molar refractivity (Wildman–Crippen MR) is 165 cm³/mol. The summed E-state index contributed by atoms with van der Waals surface area (Å²) in [5.74, 6) is -3.92. The number of rotatable bonds is 11. The summed E-state index contributed by atoms with van der Waals surface area (Å²) in [6.07, 6.45) is -0.234. The van der Waals surface area contributed by atoms with E-state index in [-0.39, 0.29) is 16.9 Å². The van der Waals surface area contributed by atoms with Crippen molar-refractivity contribution in [2.45, 2.75) is 45.0 Å². The first-order chi connectivity index (χ1) is 21.7. The lowest BCUT2D eigenvalue weighted by Crippen LogP contribution is -2.27. The molecule has 0 N–H and O–H groups in total. The SMILES string of the molecule is CCCCCC1COC(c2ccc(-c3ccc(-c4cc(F)c(C(F)(F)Oc5ccc(N=C=S)cc5)c(F)c4)c(F)c3)cc2)OC1. The highest BCUT2D eigenvalue weighted by Crippen LogP contribution is 2.38. The number of hydrogen-bond acceptors (Lipinski definition) is 5. The van der Waals surface area contributed by atoms with Crippen molar-refractivity contribution in [1.82, 2.24) is 0 Å². The molecule has 4 aromatic rings. The van der Waals surface area contributed by atoms with Crippen molar-refractivity contribution >= 4 is 23.1 Å². The minimum atomic E-state index is -4.36. The molecule has 0 radical (unpaired) electrons. The maximum absolute atomic E-state index is 15.2. The van der Waals surface area contributed by atoms with Crippen molar-refractivity contribution in [2.75, 3.05) is 13.2 Å². The lowest BCUT2D eigenvalue weighted by molar-refractivity contribution is -0.206. The Labute approximate surface area is 263 Å². The topological polar surface area (TPSA) is 40.0 Å². The largest absolute Gasteiger partial charge is 0.432 e. The van der Waals surface area contributed by atoms with E-state index in [1.807, 2.05) is 12.1 Å². The van der Waals surface area contributed by atoms with Crippen LogP contribution in [0.2, 0.25) is 0 Å². The Hall–Kier alpha value is -3.95. The minimum absolute atomic E-state index is 0.156. The third-order valence-electron chi connectivity index (χ3n) is 7.57. The predicted octanol–water partition coefficient (Wildman–Crippen LogP) is 10.5. The van der Waals surface area contributed by atoms with Crippen LogP contribution in [0.1, 0.15) is 50.0 Å². The van der Waals surface area contributed by atoms with Crippen LogP contribution in [0.3, 0.4) is 0 Å². The van der Waals surface area contributed by atoms with Crippen LogP contribution in [0.5, 0.6) is 5.75 Å². The number of nitrogens with zero attached hydrogens (tertiary/aromatic N) is 1. The summed E-state index contributed by atoms with van der Waals surface area (Å²) in [7, 11) is 0. The number of ether oxygens (including phenoxy) is 3. The van der Waals surface area contributed by atoms with Gasteiger partial charge in [-0.15, -0.1) is 0 Å². The summed E-state index contributed by atoms with van der Waals surface area (Å²) in [5, 5.41) is 2.13. The standard InChI is InChI=1S/C35H30F5NO3S/c1-2-3-4-5-22-19-42-34(43-20-22)24-8-6-23(7-9-24)25-10-15-29(30(36)16-25)26-17-31(37)33(32(38)18-26)35(39,40)44-28-13-11-27(12-14-28)41-21-45/h6-18,22,34H,2-5,19-20H2,1H3. The number of alkyl halides is 2. The molecule has 0 amide bonds. The number of isothiocyanates is 1. The Morgan fingerprint density at radius 1 is 0.822 bits per heavy atom. The minimum Gasteiger partial charge on any atom is -0.429 e. The second-order valence-electron chi connectivity index (χ2n) is 10.8. The van der Waals surface area contributed by atoms with Crippen LogP contribution in [0.15, 0.2) is 83.9 Å². The molecule has 1 saturated heterocycles. The number of thiocarbonyl (C=S) groups is 1. The first-order valence-corrected chi connectivity index (χ1v) is 15.0. The van der Waals surface area contributed by atoms with E-state index in [1.54, 1.807) is 18.2 Å². The lowest BCUT2D eigenvalue weighted by Gasteiger charge is -2.29. The fourth-order valence-electron chi connectivity index (χ4n) is 5.19. The first kappa shape index (κ1) is 32.4. The van der Waals surface area contributed by atoms with Crippen molar-refractivity contribution in [3.05, 3.63) is 107 Å². The van der Waals surface area contributed by atoms with Crippen molar-refractivity contribution in [2.24, 2.45) is 10.9 Å². The highest BCUT2D eigenvalue weighted by Gasteiger charge is 2.41. The summed E-state index contributed by atoms with van der Waals surface area (Å²) >= 11 is 4.49. The molecule has 1 fully saturated rings. The summed E-state index contributed by atoms with van der Waals surface area (Å²) in [6, 6.07) is 17.7. The van der Waals surface area contributed by atoms with E-state index < -0.39 is 35.4 Å². The van der Waals surface area contributed by atoms with Crippen molar-refractivity contribution in [1.29, 1.82) is 0 Å². The molecule has 0 unspecified atom stereocenters. The Morgan fingerprint density at radius 3 is 2.04 bits per heavy atom. The van der Waals surface area contributed by atoms with Gasteiger partial charge in [0.15, 0.2) is 6.29 Å². The Bertz CT molecular complexity index is 1640. The zero-order chi connectivity index (χ0) is 32.0. The number of hydrogen-bond donors (Lipinski definition) is 0. The first-order valence-electron chi connectivity index (χ1n) is 14.6. The Balaban J connectivity index is 1.28.